The SMILES string of the molecule is C1CCNCCNCC1.COP(=O)(CN1CCN(CP(=O)(OC)c2ccccc2)CCN(CP(=O)(OC)c2ccccc2)CC1)c1ccccc1.COP(=O)(CN1CCN(CP(=O)(OC)c2ccccc2)CCN(CP(=O)(OC)c2ccccc2)CC1)c1ccccc1.COP(OC)c1ccccc1.O=P(O)(CN1CCN(CP(=O)(O)c2ccccc2)CCN(CP(=O)(O)c2ccccc2)CC1)c1ccccc1. The molecule has 4 aliphatic heterocycles. The maximum absolute atomic E-state index is 14.0. The fraction of sp³-hybridized carbons (Fsp3) is 0.412. The topological polar surface area (TPSA) is 341 Å². The normalized spacial score (nSPS) is 20.0. The van der Waals surface area contributed by atoms with Crippen LogP contribution in [0.2, 0.25) is 0 Å². The fourth-order valence-corrected chi connectivity index (χ4v) is 34.2. The lowest BCUT2D eigenvalue weighted by Crippen LogP contribution is -2.38. The Morgan fingerprint density at radius 1 is 0.210 bits per heavy atom. The zero-order valence-corrected chi connectivity index (χ0v) is 92.6. The summed E-state index contributed by atoms with van der Waals surface area (Å²) in [5.74, 6) is 0. The van der Waals surface area contributed by atoms with Crippen LogP contribution in [0.4, 0.5) is 0 Å². The third kappa shape index (κ3) is 38.1. The molecule has 41 heteroatoms. The number of hydrogen-bond donors (Lipinski definition) is 5. The van der Waals surface area contributed by atoms with E-state index in [2.05, 4.69) is 40.0 Å². The summed E-state index contributed by atoms with van der Waals surface area (Å²) in [5, 5.41) is 12.9. The van der Waals surface area contributed by atoms with Crippen LogP contribution >= 0.6 is 74.7 Å². The van der Waals surface area contributed by atoms with Crippen molar-refractivity contribution in [2.45, 2.75) is 19.3 Å². The molecule has 143 heavy (non-hydrogen) atoms. The smallest absolute Gasteiger partial charge is 0.245 e. The highest BCUT2D eigenvalue weighted by Crippen LogP contribution is 2.52. The van der Waals surface area contributed by atoms with Gasteiger partial charge in [0.1, 0.15) is 0 Å². The average molecular weight is 2160 g/mol. The first-order valence-corrected chi connectivity index (χ1v) is 65.7. The van der Waals surface area contributed by atoms with Gasteiger partial charge in [0.05, 0.1) is 56.6 Å². The van der Waals surface area contributed by atoms with Crippen molar-refractivity contribution in [1.29, 1.82) is 0 Å². The molecule has 0 radical (unpaired) electrons. The lowest BCUT2D eigenvalue weighted by molar-refractivity contribution is 0.244. The van der Waals surface area contributed by atoms with Crippen molar-refractivity contribution in [2.24, 2.45) is 0 Å². The Bertz CT molecular complexity index is 5000. The molecule has 31 nitrogen and oxygen atoms in total. The van der Waals surface area contributed by atoms with E-state index >= 15 is 0 Å². The number of nitrogens with zero attached hydrogens (tertiary/aromatic N) is 9. The maximum atomic E-state index is 14.0. The predicted octanol–water partition coefficient (Wildman–Crippen LogP) is 13.9. The summed E-state index contributed by atoms with van der Waals surface area (Å²) in [4.78, 5) is 51.0. The van der Waals surface area contributed by atoms with Crippen LogP contribution in [0.3, 0.4) is 0 Å². The Balaban J connectivity index is 0.000000200. The average Bonchev–Trinajstić information content (AvgIpc) is 1.78. The molecule has 10 aromatic rings. The first-order valence-electron chi connectivity index (χ1n) is 48.1. The molecule has 10 aromatic carbocycles. The Hall–Kier alpha value is -6.18. The Kier molecular flexibility index (Phi) is 50.3. The molecule has 5 N–H and O–H groups in total. The van der Waals surface area contributed by atoms with E-state index in [0.29, 0.717) is 166 Å². The van der Waals surface area contributed by atoms with Crippen LogP contribution in [-0.2, 0) is 77.3 Å². The van der Waals surface area contributed by atoms with E-state index in [9.17, 15) is 55.8 Å². The van der Waals surface area contributed by atoms with Gasteiger partial charge in [0.15, 0.2) is 0 Å². The highest BCUT2D eigenvalue weighted by atomic mass is 31.2. The van der Waals surface area contributed by atoms with Gasteiger partial charge in [-0.3, -0.25) is 85.2 Å². The summed E-state index contributed by atoms with van der Waals surface area (Å²) in [6.07, 6.45) is 5.23. The molecule has 4 aliphatic rings. The van der Waals surface area contributed by atoms with Crippen molar-refractivity contribution in [2.75, 3.05) is 257 Å². The molecule has 0 aromatic heterocycles. The van der Waals surface area contributed by atoms with Crippen molar-refractivity contribution < 1.29 is 92.0 Å². The summed E-state index contributed by atoms with van der Waals surface area (Å²) < 4.78 is 168. The molecule has 14 rings (SSSR count). The van der Waals surface area contributed by atoms with Crippen LogP contribution in [0.15, 0.2) is 303 Å². The van der Waals surface area contributed by atoms with Crippen LogP contribution < -0.4 is 63.7 Å². The molecule has 0 bridgehead atoms. The second-order valence-corrected chi connectivity index (χ2v) is 58.5. The Morgan fingerprint density at radius 3 is 0.510 bits per heavy atom. The first kappa shape index (κ1) is 119. The van der Waals surface area contributed by atoms with E-state index in [1.807, 2.05) is 227 Å². The molecular weight excluding hydrogens is 2010 g/mol. The second-order valence-electron chi connectivity index (χ2n) is 35.1. The molecule has 4 fully saturated rings. The van der Waals surface area contributed by atoms with Crippen molar-refractivity contribution in [1.82, 2.24) is 54.7 Å². The molecule has 4 heterocycles. The van der Waals surface area contributed by atoms with E-state index in [1.165, 1.54) is 75.0 Å². The Morgan fingerprint density at radius 2 is 0.357 bits per heavy atom. The second kappa shape index (κ2) is 60.6. The van der Waals surface area contributed by atoms with Gasteiger partial charge in [-0.1, -0.05) is 188 Å². The minimum Gasteiger partial charge on any atom is -0.340 e. The zero-order valence-electron chi connectivity index (χ0n) is 83.7. The van der Waals surface area contributed by atoms with E-state index in [-0.39, 0.29) is 56.6 Å². The van der Waals surface area contributed by atoms with Gasteiger partial charge in [-0.2, -0.15) is 0 Å². The van der Waals surface area contributed by atoms with Crippen molar-refractivity contribution in [3.05, 3.63) is 303 Å². The maximum Gasteiger partial charge on any atom is 0.245 e. The van der Waals surface area contributed by atoms with Gasteiger partial charge in [-0.25, -0.2) is 0 Å². The number of nitrogens with one attached hydrogen (secondary N) is 2. The van der Waals surface area contributed by atoms with Crippen LogP contribution in [-0.4, -0.2) is 316 Å². The molecule has 9 atom stereocenters. The molecule has 0 aliphatic carbocycles. The summed E-state index contributed by atoms with van der Waals surface area (Å²) in [6, 6.07) is 91.2. The third-order valence-corrected chi connectivity index (χ3v) is 46.9. The lowest BCUT2D eigenvalue weighted by atomic mass is 10.2. The van der Waals surface area contributed by atoms with Crippen molar-refractivity contribution in [3.8, 4) is 0 Å². The van der Waals surface area contributed by atoms with E-state index < -0.39 is 74.7 Å². The monoisotopic (exact) mass is 2160 g/mol. The predicted molar refractivity (Wildman–Crippen MR) is 586 cm³/mol. The minimum absolute atomic E-state index is 0.0797. The highest BCUT2D eigenvalue weighted by molar-refractivity contribution is 7.69. The third-order valence-electron chi connectivity index (χ3n) is 25.2. The summed E-state index contributed by atoms with van der Waals surface area (Å²) >= 11 is 0. The van der Waals surface area contributed by atoms with Crippen LogP contribution in [0, 0.1) is 0 Å². The first-order chi connectivity index (χ1) is 68.9. The van der Waals surface area contributed by atoms with Gasteiger partial charge in [0.25, 0.3) is 0 Å². The quantitative estimate of drug-likeness (QED) is 0.0228. The van der Waals surface area contributed by atoms with Gasteiger partial charge in [-0.05, 0) is 147 Å². The molecule has 0 spiro atoms. The molecule has 9 unspecified atom stereocenters. The highest BCUT2D eigenvalue weighted by Gasteiger charge is 2.39. The minimum atomic E-state index is -3.70. The van der Waals surface area contributed by atoms with Gasteiger partial charge in [0.2, 0.25) is 74.7 Å². The lowest BCUT2D eigenvalue weighted by Gasteiger charge is -2.30. The van der Waals surface area contributed by atoms with Crippen molar-refractivity contribution in [3.63, 3.8) is 0 Å². The van der Waals surface area contributed by atoms with Crippen LogP contribution in [0.25, 0.3) is 0 Å². The largest absolute Gasteiger partial charge is 0.340 e. The van der Waals surface area contributed by atoms with Crippen LogP contribution in [0.5, 0.6) is 0 Å². The van der Waals surface area contributed by atoms with E-state index in [4.69, 9.17) is 36.2 Å². The van der Waals surface area contributed by atoms with Crippen LogP contribution in [0.1, 0.15) is 19.3 Å². The Labute approximate surface area is 849 Å². The van der Waals surface area contributed by atoms with E-state index in [1.54, 1.807) is 105 Å². The molecular formula is C102H147N11O20P10. The van der Waals surface area contributed by atoms with Gasteiger partial charge >= 0.3 is 0 Å². The molecule has 780 valence electrons. The summed E-state index contributed by atoms with van der Waals surface area (Å²) in [7, 11) is -18.7. The molecule has 4 saturated heterocycles. The standard InChI is InChI=1S/2C30H42N3O6P3.C27H36N3O6P3.C8H11O2P.C7H16N2/c2*1-37-40(34,28-13-7-4-8-14-28)25-31-19-21-32(26-41(35,38-2)29-15-9-5-10-16-29)23-24-33(22-20-31)27-42(36,39-3)30-17-11-6-12-18-30;31-37(32,25-10-4-1-5-11-25)22-28-16-18-29(23-38(33,34)26-12-6-2-7-13-26)20-21-30(19-17-28)24-39(35,36)27-14-8-3-9-15-27;1-9-11(10-2)8-6-4-3-5-7-8;1-2-4-8-6-7-9-5-3-1/h2*4-18H,19-27H2,1-3H3;1-15H,16-24H2,(H,31,32)(H,33,34)(H,35,36);3-7H,1-2H3;8-9H,1-7H2. The molecule has 0 amide bonds. The van der Waals surface area contributed by atoms with Gasteiger partial charge in [-0.15, -0.1) is 0 Å². The summed E-state index contributed by atoms with van der Waals surface area (Å²) in [5.41, 5.74) is 0. The number of rotatable bonds is 36. The van der Waals surface area contributed by atoms with E-state index in [0.717, 1.165) is 18.4 Å². The fourth-order valence-electron chi connectivity index (χ4n) is 16.8. The van der Waals surface area contributed by atoms with Gasteiger partial charge < -0.3 is 61.5 Å². The number of hydrogen-bond acceptors (Lipinski definition) is 28. The zero-order chi connectivity index (χ0) is 103. The summed E-state index contributed by atoms with van der Waals surface area (Å²) in [6.45, 7) is 14.3. The molecule has 0 saturated carbocycles. The van der Waals surface area contributed by atoms with Gasteiger partial charge in [0, 0.05) is 241 Å². The number of benzene rings is 10. The van der Waals surface area contributed by atoms with Crippen molar-refractivity contribution >= 4 is 128 Å².